The van der Waals surface area contributed by atoms with Crippen LogP contribution in [0.4, 0.5) is 4.79 Å². The Morgan fingerprint density at radius 1 is 1.34 bits per heavy atom. The number of nitrogens with two attached hydrogens (primary N) is 1. The van der Waals surface area contributed by atoms with Gasteiger partial charge in [-0.05, 0) is 85.7 Å². The quantitative estimate of drug-likeness (QED) is 0.156. The van der Waals surface area contributed by atoms with E-state index in [2.05, 4.69) is 45.5 Å². The predicted octanol–water partition coefficient (Wildman–Crippen LogP) is 4.18. The van der Waals surface area contributed by atoms with Gasteiger partial charge in [0.05, 0.1) is 11.3 Å². The number of quaternary nitrogens is 1. The number of carbonyl (C=O) groups excluding carboxylic acids is 2. The summed E-state index contributed by atoms with van der Waals surface area (Å²) in [7, 11) is 0. The maximum atomic E-state index is 13.4. The van der Waals surface area contributed by atoms with Crippen molar-refractivity contribution in [1.82, 2.24) is 25.4 Å². The van der Waals surface area contributed by atoms with Crippen molar-refractivity contribution >= 4 is 34.9 Å². The van der Waals surface area contributed by atoms with Gasteiger partial charge in [0.15, 0.2) is 0 Å². The molecule has 3 heterocycles. The number of thiophene rings is 1. The number of aryl methyl sites for hydroxylation is 2. The van der Waals surface area contributed by atoms with E-state index >= 15 is 0 Å². The molecule has 222 valence electrons. The van der Waals surface area contributed by atoms with Gasteiger partial charge in [-0.15, -0.1) is 0 Å². The lowest BCUT2D eigenvalue weighted by molar-refractivity contribution is -0.838. The molecule has 0 radical (unpaired) electrons. The molecule has 0 aliphatic carbocycles. The van der Waals surface area contributed by atoms with E-state index in [0.29, 0.717) is 42.1 Å². The normalized spacial score (nSPS) is 15.6. The van der Waals surface area contributed by atoms with Gasteiger partial charge in [-0.3, -0.25) is 4.79 Å². The standard InChI is InChI=1S/C30H41ClN6O3S/c1-5-6-24(8-13-34-40)18-33-30(39)37(19-25-11-16-41-20-25)26-9-14-36(15-10-26)22(3)7-12-32-29(38)28-21(2)17-27(31)35-23(28)4/h5-6,8,11,13,16-17,20,22,26,34,40H,1,7,9-10,12,14-15,18-19H2,2-4H3,(H,32,38)(H,33,39)/p+1/b13-8-,24-6+/t22-/m1/s1. The lowest BCUT2D eigenvalue weighted by Gasteiger charge is -2.40. The van der Waals surface area contributed by atoms with Crippen LogP contribution < -0.4 is 16.1 Å². The molecule has 2 aromatic rings. The molecule has 3 amide bonds. The number of amides is 3. The van der Waals surface area contributed by atoms with Crippen LogP contribution in [0.3, 0.4) is 0 Å². The fourth-order valence-electron chi connectivity index (χ4n) is 5.15. The minimum absolute atomic E-state index is 0.107. The smallest absolute Gasteiger partial charge is 0.318 e. The van der Waals surface area contributed by atoms with Crippen LogP contribution in [0.15, 0.2) is 59.5 Å². The molecule has 2 aromatic heterocycles. The van der Waals surface area contributed by atoms with Crippen molar-refractivity contribution in [3.8, 4) is 0 Å². The zero-order valence-corrected chi connectivity index (χ0v) is 25.7. The van der Waals surface area contributed by atoms with Crippen LogP contribution in [0, 0.1) is 13.8 Å². The number of carbonyl (C=O) groups is 2. The minimum atomic E-state index is -0.124. The van der Waals surface area contributed by atoms with E-state index in [1.54, 1.807) is 42.6 Å². The van der Waals surface area contributed by atoms with E-state index in [4.69, 9.17) is 16.8 Å². The van der Waals surface area contributed by atoms with E-state index < -0.39 is 0 Å². The zero-order valence-electron chi connectivity index (χ0n) is 24.1. The molecule has 9 nitrogen and oxygen atoms in total. The number of rotatable bonds is 13. The Morgan fingerprint density at radius 3 is 2.73 bits per heavy atom. The van der Waals surface area contributed by atoms with Gasteiger partial charge in [0.2, 0.25) is 0 Å². The summed E-state index contributed by atoms with van der Waals surface area (Å²) in [5.41, 5.74) is 4.95. The largest absolute Gasteiger partial charge is 0.352 e. The third-order valence-electron chi connectivity index (χ3n) is 7.37. The number of halogens is 1. The maximum absolute atomic E-state index is 13.4. The molecule has 1 fully saturated rings. The molecule has 1 atom stereocenters. The maximum Gasteiger partial charge on any atom is 0.318 e. The molecule has 11 heteroatoms. The molecule has 0 unspecified atom stereocenters. The molecule has 0 aromatic carbocycles. The lowest BCUT2D eigenvalue weighted by Crippen LogP contribution is -2.73. The van der Waals surface area contributed by atoms with Crippen molar-refractivity contribution in [2.24, 2.45) is 0 Å². The summed E-state index contributed by atoms with van der Waals surface area (Å²) in [4.78, 5) is 34.7. The first-order valence-electron chi connectivity index (χ1n) is 13.9. The predicted molar refractivity (Wildman–Crippen MR) is 164 cm³/mol. The second-order valence-corrected chi connectivity index (χ2v) is 11.5. The van der Waals surface area contributed by atoms with Gasteiger partial charge < -0.3 is 20.4 Å². The second kappa shape index (κ2) is 16.4. The average Bonchev–Trinajstić information content (AvgIpc) is 3.46. The highest BCUT2D eigenvalue weighted by Gasteiger charge is 2.30. The monoisotopic (exact) mass is 601 g/mol. The Kier molecular flexibility index (Phi) is 13.0. The summed E-state index contributed by atoms with van der Waals surface area (Å²) < 4.78 is 0. The fraction of sp³-hybridized carbons (Fsp3) is 0.433. The third kappa shape index (κ3) is 9.79. The van der Waals surface area contributed by atoms with Crippen molar-refractivity contribution in [3.63, 3.8) is 0 Å². The van der Waals surface area contributed by atoms with Crippen LogP contribution in [-0.2, 0) is 6.54 Å². The van der Waals surface area contributed by atoms with E-state index in [9.17, 15) is 9.59 Å². The van der Waals surface area contributed by atoms with E-state index in [-0.39, 0.29) is 18.0 Å². The fourth-order valence-corrected chi connectivity index (χ4v) is 6.10. The number of allylic oxidation sites excluding steroid dienone is 2. The molecule has 1 aliphatic heterocycles. The summed E-state index contributed by atoms with van der Waals surface area (Å²) in [6, 6.07) is 4.08. The Morgan fingerprint density at radius 2 is 2.10 bits per heavy atom. The summed E-state index contributed by atoms with van der Waals surface area (Å²) in [5, 5.41) is 19.6. The number of nitrogens with zero attached hydrogens (tertiary/aromatic N) is 3. The van der Waals surface area contributed by atoms with Crippen LogP contribution in [0.2, 0.25) is 5.15 Å². The van der Waals surface area contributed by atoms with Gasteiger partial charge in [-0.1, -0.05) is 30.3 Å². The first-order valence-corrected chi connectivity index (χ1v) is 15.2. The summed E-state index contributed by atoms with van der Waals surface area (Å²) in [6.45, 7) is 12.8. The van der Waals surface area contributed by atoms with Crippen LogP contribution in [-0.4, -0.2) is 70.2 Å². The van der Waals surface area contributed by atoms with Crippen LogP contribution in [0.25, 0.3) is 0 Å². The van der Waals surface area contributed by atoms with Gasteiger partial charge in [0, 0.05) is 44.8 Å². The highest BCUT2D eigenvalue weighted by Crippen LogP contribution is 2.23. The van der Waals surface area contributed by atoms with E-state index in [1.807, 2.05) is 17.2 Å². The topological polar surface area (TPSA) is 114 Å². The number of hydrogen-bond donors (Lipinski definition) is 4. The van der Waals surface area contributed by atoms with E-state index in [0.717, 1.165) is 54.5 Å². The van der Waals surface area contributed by atoms with Crippen LogP contribution in [0.1, 0.15) is 53.4 Å². The van der Waals surface area contributed by atoms with Crippen molar-refractivity contribution in [3.05, 3.63) is 87.0 Å². The molecule has 0 bridgehead atoms. The summed E-state index contributed by atoms with van der Waals surface area (Å²) >= 11 is 7.63. The van der Waals surface area contributed by atoms with Crippen LogP contribution in [0.5, 0.6) is 0 Å². The van der Waals surface area contributed by atoms with Crippen molar-refractivity contribution in [2.75, 3.05) is 26.2 Å². The third-order valence-corrected chi connectivity index (χ3v) is 8.30. The number of pyridine rings is 1. The Labute approximate surface area is 251 Å². The SMILES string of the molecule is C=C/C=C(\C=C/[NH2+]O)CNC(=O)N(Cc1ccsc1)C1CCN([C@H](C)CCNC(=O)c2c(C)cc(Cl)nc2C)CC1. The first-order chi connectivity index (χ1) is 19.7. The number of hydroxylamine groups is 1. The highest BCUT2D eigenvalue weighted by atomic mass is 35.5. The number of urea groups is 1. The zero-order chi connectivity index (χ0) is 29.8. The van der Waals surface area contributed by atoms with Gasteiger partial charge in [-0.25, -0.2) is 15.0 Å². The Hall–Kier alpha value is -3.02. The van der Waals surface area contributed by atoms with E-state index in [1.165, 1.54) is 6.20 Å². The van der Waals surface area contributed by atoms with Crippen molar-refractivity contribution < 1.29 is 20.3 Å². The Balaban J connectivity index is 1.53. The van der Waals surface area contributed by atoms with Crippen LogP contribution >= 0.6 is 22.9 Å². The van der Waals surface area contributed by atoms with Gasteiger partial charge in [0.25, 0.3) is 5.91 Å². The van der Waals surface area contributed by atoms with Gasteiger partial charge in [0.1, 0.15) is 11.4 Å². The van der Waals surface area contributed by atoms with Crippen molar-refractivity contribution in [2.45, 2.75) is 58.7 Å². The second-order valence-electron chi connectivity index (χ2n) is 10.3. The highest BCUT2D eigenvalue weighted by molar-refractivity contribution is 7.07. The number of likely N-dealkylation sites (tertiary alicyclic amines) is 1. The first kappa shape index (κ1) is 32.5. The molecular weight excluding hydrogens is 560 g/mol. The molecule has 3 rings (SSSR count). The molecule has 0 spiro atoms. The number of hydrogen-bond acceptors (Lipinski definition) is 6. The molecule has 5 N–H and O–H groups in total. The lowest BCUT2D eigenvalue weighted by atomic mass is 10.0. The molecular formula is C30H42ClN6O3S+. The minimum Gasteiger partial charge on any atom is -0.352 e. The number of piperidine rings is 1. The molecule has 1 saturated heterocycles. The van der Waals surface area contributed by atoms with Gasteiger partial charge >= 0.3 is 6.03 Å². The Bertz CT molecular complexity index is 1200. The summed E-state index contributed by atoms with van der Waals surface area (Å²) in [5.74, 6) is -0.124. The molecule has 41 heavy (non-hydrogen) atoms. The van der Waals surface area contributed by atoms with Gasteiger partial charge in [-0.2, -0.15) is 16.8 Å². The van der Waals surface area contributed by atoms with Crippen molar-refractivity contribution in [1.29, 1.82) is 0 Å². The molecule has 1 aliphatic rings. The average molecular weight is 602 g/mol. The summed E-state index contributed by atoms with van der Waals surface area (Å²) in [6.07, 6.45) is 9.29. The number of aromatic nitrogens is 1. The molecule has 0 saturated carbocycles. The number of nitrogens with one attached hydrogen (secondary N) is 2.